The first-order valence-electron chi connectivity index (χ1n) is 6.31. The van der Waals surface area contributed by atoms with E-state index >= 15 is 0 Å². The summed E-state index contributed by atoms with van der Waals surface area (Å²) in [5.74, 6) is 0.133. The minimum Gasteiger partial charge on any atom is -0.327 e. The molecule has 1 unspecified atom stereocenters. The van der Waals surface area contributed by atoms with E-state index in [2.05, 4.69) is 0 Å². The van der Waals surface area contributed by atoms with E-state index < -0.39 is 10.0 Å². The molecule has 5 heteroatoms. The molecule has 94 valence electrons. The quantitative estimate of drug-likeness (QED) is 0.789. The van der Waals surface area contributed by atoms with Gasteiger partial charge < -0.3 is 5.73 Å². The third kappa shape index (κ3) is 2.26. The molecule has 0 spiro atoms. The lowest BCUT2D eigenvalue weighted by Crippen LogP contribution is -2.42. The van der Waals surface area contributed by atoms with Gasteiger partial charge in [0.1, 0.15) is 0 Å². The first kappa shape index (κ1) is 12.3. The molecule has 0 saturated carbocycles. The van der Waals surface area contributed by atoms with Crippen LogP contribution in [0, 0.1) is 0 Å². The van der Waals surface area contributed by atoms with E-state index in [4.69, 9.17) is 5.73 Å². The third-order valence-electron chi connectivity index (χ3n) is 3.79. The summed E-state index contributed by atoms with van der Waals surface area (Å²) >= 11 is 0. The van der Waals surface area contributed by atoms with Gasteiger partial charge >= 0.3 is 0 Å². The van der Waals surface area contributed by atoms with Gasteiger partial charge in [-0.25, -0.2) is 8.42 Å². The van der Waals surface area contributed by atoms with Crippen LogP contribution in [0.4, 0.5) is 0 Å². The highest BCUT2D eigenvalue weighted by molar-refractivity contribution is 7.89. The van der Waals surface area contributed by atoms with Crippen molar-refractivity contribution in [2.45, 2.75) is 63.6 Å². The molecule has 2 N–H and O–H groups in total. The smallest absolute Gasteiger partial charge is 0.216 e. The van der Waals surface area contributed by atoms with Crippen LogP contribution in [0.2, 0.25) is 0 Å². The Labute approximate surface area is 98.2 Å². The minimum atomic E-state index is -3.11. The van der Waals surface area contributed by atoms with Crippen molar-refractivity contribution in [3.63, 3.8) is 0 Å². The van der Waals surface area contributed by atoms with Gasteiger partial charge in [0.15, 0.2) is 0 Å². The fourth-order valence-electron chi connectivity index (χ4n) is 3.13. The van der Waals surface area contributed by atoms with Crippen molar-refractivity contribution in [3.05, 3.63) is 0 Å². The second-order valence-corrected chi connectivity index (χ2v) is 7.04. The van der Waals surface area contributed by atoms with Gasteiger partial charge in [0.05, 0.1) is 5.75 Å². The highest BCUT2D eigenvalue weighted by Gasteiger charge is 2.46. The zero-order valence-electron chi connectivity index (χ0n) is 9.93. The molecule has 0 amide bonds. The van der Waals surface area contributed by atoms with Gasteiger partial charge in [-0.3, -0.25) is 0 Å². The van der Waals surface area contributed by atoms with Crippen LogP contribution in [-0.2, 0) is 10.0 Å². The van der Waals surface area contributed by atoms with Crippen molar-refractivity contribution in [2.75, 3.05) is 5.75 Å². The van der Waals surface area contributed by atoms with Gasteiger partial charge in [-0.15, -0.1) is 0 Å². The van der Waals surface area contributed by atoms with E-state index in [-0.39, 0.29) is 23.9 Å². The Morgan fingerprint density at radius 2 is 1.75 bits per heavy atom. The standard InChI is InChI=1S/C11H22N2O2S/c1-2-3-9(12)8-16(14,15)13-10-4-5-11(13)7-6-10/h9-11H,2-8,12H2,1H3. The summed E-state index contributed by atoms with van der Waals surface area (Å²) < 4.78 is 26.2. The average Bonchev–Trinajstić information content (AvgIpc) is 2.75. The van der Waals surface area contributed by atoms with Crippen LogP contribution in [0.15, 0.2) is 0 Å². The number of rotatable bonds is 5. The van der Waals surface area contributed by atoms with Crippen LogP contribution in [0.25, 0.3) is 0 Å². The fourth-order valence-corrected chi connectivity index (χ4v) is 5.34. The molecule has 2 saturated heterocycles. The molecular formula is C11H22N2O2S. The van der Waals surface area contributed by atoms with Crippen molar-refractivity contribution in [1.82, 2.24) is 4.31 Å². The van der Waals surface area contributed by atoms with Crippen LogP contribution in [-0.4, -0.2) is 36.6 Å². The molecule has 0 radical (unpaired) electrons. The maximum absolute atomic E-state index is 12.2. The molecule has 2 aliphatic rings. The summed E-state index contributed by atoms with van der Waals surface area (Å²) in [6.45, 7) is 2.03. The predicted octanol–water partition coefficient (Wildman–Crippen LogP) is 1.07. The molecule has 0 aromatic heterocycles. The molecule has 2 bridgehead atoms. The SMILES string of the molecule is CCCC(N)CS(=O)(=O)N1C2CCC1CC2. The Bertz CT molecular complexity index is 322. The maximum Gasteiger partial charge on any atom is 0.216 e. The zero-order valence-corrected chi connectivity index (χ0v) is 10.7. The molecule has 0 aromatic carbocycles. The highest BCUT2D eigenvalue weighted by atomic mass is 32.2. The van der Waals surface area contributed by atoms with Crippen molar-refractivity contribution in [1.29, 1.82) is 0 Å². The lowest BCUT2D eigenvalue weighted by atomic mass is 10.0. The highest BCUT2D eigenvalue weighted by Crippen LogP contribution is 2.39. The van der Waals surface area contributed by atoms with E-state index in [0.29, 0.717) is 0 Å². The van der Waals surface area contributed by atoms with E-state index in [1.165, 1.54) is 0 Å². The van der Waals surface area contributed by atoms with Gasteiger partial charge in [0.2, 0.25) is 10.0 Å². The normalized spacial score (nSPS) is 32.1. The number of sulfonamides is 1. The van der Waals surface area contributed by atoms with E-state index in [0.717, 1.165) is 38.5 Å². The summed E-state index contributed by atoms with van der Waals surface area (Å²) in [6, 6.07) is 0.364. The largest absolute Gasteiger partial charge is 0.327 e. The second kappa shape index (κ2) is 4.63. The number of nitrogens with zero attached hydrogens (tertiary/aromatic N) is 1. The average molecular weight is 246 g/mol. The number of hydrogen-bond acceptors (Lipinski definition) is 3. The zero-order chi connectivity index (χ0) is 11.8. The Balaban J connectivity index is 2.02. The molecule has 2 heterocycles. The Morgan fingerprint density at radius 3 is 2.19 bits per heavy atom. The van der Waals surface area contributed by atoms with Crippen molar-refractivity contribution >= 4 is 10.0 Å². The fraction of sp³-hybridized carbons (Fsp3) is 1.00. The third-order valence-corrected chi connectivity index (χ3v) is 5.88. The summed E-state index contributed by atoms with van der Waals surface area (Å²) in [6.07, 6.45) is 5.94. The predicted molar refractivity (Wildman–Crippen MR) is 64.6 cm³/mol. The first-order chi connectivity index (χ1) is 7.54. The Morgan fingerprint density at radius 1 is 1.25 bits per heavy atom. The second-order valence-electron chi connectivity index (χ2n) is 5.12. The lowest BCUT2D eigenvalue weighted by molar-refractivity contribution is 0.393. The molecule has 2 rings (SSSR count). The van der Waals surface area contributed by atoms with Crippen molar-refractivity contribution in [3.8, 4) is 0 Å². The summed E-state index contributed by atoms with van der Waals surface area (Å²) in [7, 11) is -3.11. The van der Waals surface area contributed by atoms with Crippen molar-refractivity contribution in [2.24, 2.45) is 5.73 Å². The molecule has 2 aliphatic heterocycles. The first-order valence-corrected chi connectivity index (χ1v) is 7.92. The number of fused-ring (bicyclic) bond motifs is 2. The number of hydrogen-bond donors (Lipinski definition) is 1. The monoisotopic (exact) mass is 246 g/mol. The summed E-state index contributed by atoms with van der Waals surface area (Å²) in [5.41, 5.74) is 5.84. The minimum absolute atomic E-state index is 0.133. The maximum atomic E-state index is 12.2. The van der Waals surface area contributed by atoms with Gasteiger partial charge in [0, 0.05) is 18.1 Å². The molecule has 16 heavy (non-hydrogen) atoms. The van der Waals surface area contributed by atoms with Crippen LogP contribution in [0.1, 0.15) is 45.4 Å². The van der Waals surface area contributed by atoms with Crippen LogP contribution in [0.5, 0.6) is 0 Å². The molecule has 0 aromatic rings. The molecular weight excluding hydrogens is 224 g/mol. The van der Waals surface area contributed by atoms with E-state index in [1.807, 2.05) is 6.92 Å². The topological polar surface area (TPSA) is 63.4 Å². The summed E-state index contributed by atoms with van der Waals surface area (Å²) in [5, 5.41) is 0. The van der Waals surface area contributed by atoms with Crippen LogP contribution in [0.3, 0.4) is 0 Å². The Hall–Kier alpha value is -0.130. The van der Waals surface area contributed by atoms with E-state index in [1.54, 1.807) is 4.31 Å². The van der Waals surface area contributed by atoms with Gasteiger partial charge in [0.25, 0.3) is 0 Å². The molecule has 0 aliphatic carbocycles. The molecule has 2 fully saturated rings. The molecule has 4 nitrogen and oxygen atoms in total. The van der Waals surface area contributed by atoms with Crippen molar-refractivity contribution < 1.29 is 8.42 Å². The lowest BCUT2D eigenvalue weighted by Gasteiger charge is -2.23. The Kier molecular flexibility index (Phi) is 3.56. The number of nitrogens with two attached hydrogens (primary N) is 1. The summed E-state index contributed by atoms with van der Waals surface area (Å²) in [4.78, 5) is 0. The van der Waals surface area contributed by atoms with Crippen LogP contribution >= 0.6 is 0 Å². The van der Waals surface area contributed by atoms with Gasteiger partial charge in [-0.05, 0) is 32.1 Å². The van der Waals surface area contributed by atoms with Gasteiger partial charge in [-0.2, -0.15) is 4.31 Å². The van der Waals surface area contributed by atoms with Crippen LogP contribution < -0.4 is 5.73 Å². The van der Waals surface area contributed by atoms with E-state index in [9.17, 15) is 8.42 Å². The van der Waals surface area contributed by atoms with Gasteiger partial charge in [-0.1, -0.05) is 13.3 Å². The molecule has 1 atom stereocenters.